The molecule has 0 spiro atoms. The molecule has 2 aromatic carbocycles. The van der Waals surface area contributed by atoms with E-state index in [1.165, 1.54) is 10.3 Å². The molecular weight excluding hydrogens is 264 g/mol. The molecule has 0 aliphatic rings. The predicted molar refractivity (Wildman–Crippen MR) is 85.0 cm³/mol. The molecule has 0 amide bonds. The molecule has 1 N–H and O–H groups in total. The van der Waals surface area contributed by atoms with Crippen molar-refractivity contribution < 1.29 is 0 Å². The first kappa shape index (κ1) is 12.7. The van der Waals surface area contributed by atoms with Crippen LogP contribution >= 0.6 is 11.3 Å². The molecule has 20 heavy (non-hydrogen) atoms. The Balaban J connectivity index is 1.96. The van der Waals surface area contributed by atoms with Gasteiger partial charge in [-0.3, -0.25) is 0 Å². The molecule has 0 saturated carbocycles. The Morgan fingerprint density at radius 3 is 2.80 bits per heavy atom. The molecule has 0 bridgehead atoms. The van der Waals surface area contributed by atoms with E-state index in [1.54, 1.807) is 11.3 Å². The summed E-state index contributed by atoms with van der Waals surface area (Å²) in [5.41, 5.74) is 3.21. The maximum absolute atomic E-state index is 9.48. The number of thiophene rings is 1. The molecule has 0 fully saturated rings. The van der Waals surface area contributed by atoms with Gasteiger partial charge in [0.05, 0.1) is 6.07 Å². The molecule has 0 aliphatic carbocycles. The topological polar surface area (TPSA) is 35.8 Å². The van der Waals surface area contributed by atoms with Gasteiger partial charge in [0.15, 0.2) is 0 Å². The van der Waals surface area contributed by atoms with Gasteiger partial charge in [-0.2, -0.15) is 5.26 Å². The highest BCUT2D eigenvalue weighted by Gasteiger charge is 2.15. The first-order chi connectivity index (χ1) is 9.78. The molecule has 3 heteroatoms. The van der Waals surface area contributed by atoms with Crippen molar-refractivity contribution in [3.05, 3.63) is 65.0 Å². The largest absolute Gasteiger partial charge is 0.366 e. The first-order valence-corrected chi connectivity index (χ1v) is 7.35. The van der Waals surface area contributed by atoms with Crippen molar-refractivity contribution in [1.29, 1.82) is 5.26 Å². The lowest BCUT2D eigenvalue weighted by Crippen LogP contribution is -2.07. The minimum atomic E-state index is -0.326. The quantitative estimate of drug-likeness (QED) is 0.740. The van der Waals surface area contributed by atoms with Crippen LogP contribution in [-0.2, 0) is 0 Å². The number of benzene rings is 2. The van der Waals surface area contributed by atoms with Crippen molar-refractivity contribution in [1.82, 2.24) is 0 Å². The standard InChI is InChI=1S/C17H14N2S/c1-12-5-4-6-13(9-12)19-16(10-18)15-11-20-17-8-3-2-7-14(15)17/h2-9,11,16,19H,1H3. The van der Waals surface area contributed by atoms with Crippen LogP contribution in [0.4, 0.5) is 5.69 Å². The smallest absolute Gasteiger partial charge is 0.141 e. The van der Waals surface area contributed by atoms with Gasteiger partial charge in [-0.15, -0.1) is 11.3 Å². The van der Waals surface area contributed by atoms with E-state index in [0.717, 1.165) is 16.6 Å². The number of hydrogen-bond acceptors (Lipinski definition) is 3. The third-order valence-corrected chi connectivity index (χ3v) is 4.26. The van der Waals surface area contributed by atoms with E-state index in [1.807, 2.05) is 37.3 Å². The Morgan fingerprint density at radius 2 is 2.00 bits per heavy atom. The third kappa shape index (κ3) is 2.38. The number of anilines is 1. The van der Waals surface area contributed by atoms with Crippen LogP contribution in [0.1, 0.15) is 17.2 Å². The highest BCUT2D eigenvalue weighted by molar-refractivity contribution is 7.17. The van der Waals surface area contributed by atoms with Crippen LogP contribution < -0.4 is 5.32 Å². The normalized spacial score (nSPS) is 12.0. The van der Waals surface area contributed by atoms with Gasteiger partial charge in [0.1, 0.15) is 6.04 Å². The molecule has 1 heterocycles. The van der Waals surface area contributed by atoms with Gasteiger partial charge >= 0.3 is 0 Å². The lowest BCUT2D eigenvalue weighted by Gasteiger charge is -2.13. The Hall–Kier alpha value is -2.31. The number of rotatable bonds is 3. The van der Waals surface area contributed by atoms with E-state index >= 15 is 0 Å². The fourth-order valence-corrected chi connectivity index (χ4v) is 3.29. The van der Waals surface area contributed by atoms with Gasteiger partial charge in [-0.1, -0.05) is 30.3 Å². The summed E-state index contributed by atoms with van der Waals surface area (Å²) in [5, 5.41) is 16.0. The van der Waals surface area contributed by atoms with E-state index in [0.29, 0.717) is 0 Å². The molecule has 3 rings (SSSR count). The zero-order valence-corrected chi connectivity index (χ0v) is 11.9. The van der Waals surface area contributed by atoms with E-state index in [9.17, 15) is 5.26 Å². The summed E-state index contributed by atoms with van der Waals surface area (Å²) < 4.78 is 1.22. The summed E-state index contributed by atoms with van der Waals surface area (Å²) in [5.74, 6) is 0. The number of nitrogens with zero attached hydrogens (tertiary/aromatic N) is 1. The fourth-order valence-electron chi connectivity index (χ4n) is 2.30. The monoisotopic (exact) mass is 278 g/mol. The van der Waals surface area contributed by atoms with Crippen molar-refractivity contribution in [2.45, 2.75) is 13.0 Å². The third-order valence-electron chi connectivity index (χ3n) is 3.28. The fraction of sp³-hybridized carbons (Fsp3) is 0.118. The highest BCUT2D eigenvalue weighted by Crippen LogP contribution is 2.31. The van der Waals surface area contributed by atoms with Crippen molar-refractivity contribution in [3.63, 3.8) is 0 Å². The molecule has 0 aliphatic heterocycles. The second-order valence-corrected chi connectivity index (χ2v) is 5.67. The first-order valence-electron chi connectivity index (χ1n) is 6.47. The number of nitrogens with one attached hydrogen (secondary N) is 1. The maximum atomic E-state index is 9.48. The van der Waals surface area contributed by atoms with Gasteiger partial charge in [0.25, 0.3) is 0 Å². The van der Waals surface area contributed by atoms with E-state index in [2.05, 4.69) is 35.0 Å². The highest BCUT2D eigenvalue weighted by atomic mass is 32.1. The average molecular weight is 278 g/mol. The van der Waals surface area contributed by atoms with Gasteiger partial charge in [-0.25, -0.2) is 0 Å². The number of nitriles is 1. The summed E-state index contributed by atoms with van der Waals surface area (Å²) in [6.07, 6.45) is 0. The zero-order chi connectivity index (χ0) is 13.9. The molecule has 98 valence electrons. The van der Waals surface area contributed by atoms with Crippen LogP contribution in [0.25, 0.3) is 10.1 Å². The van der Waals surface area contributed by atoms with Gasteiger partial charge in [-0.05, 0) is 41.5 Å². The van der Waals surface area contributed by atoms with E-state index in [4.69, 9.17) is 0 Å². The molecule has 1 aromatic heterocycles. The zero-order valence-electron chi connectivity index (χ0n) is 11.1. The van der Waals surface area contributed by atoms with E-state index < -0.39 is 0 Å². The Bertz CT molecular complexity index is 783. The summed E-state index contributed by atoms with van der Waals surface area (Å²) >= 11 is 1.68. The Kier molecular flexibility index (Phi) is 3.41. The SMILES string of the molecule is Cc1cccc(NC(C#N)c2csc3ccccc23)c1. The van der Waals surface area contributed by atoms with Crippen molar-refractivity contribution in [2.24, 2.45) is 0 Å². The molecule has 0 saturated heterocycles. The number of aryl methyl sites for hydroxylation is 1. The van der Waals surface area contributed by atoms with Crippen LogP contribution in [0, 0.1) is 18.3 Å². The lowest BCUT2D eigenvalue weighted by molar-refractivity contribution is 1.02. The van der Waals surface area contributed by atoms with Crippen LogP contribution in [0.15, 0.2) is 53.9 Å². The minimum absolute atomic E-state index is 0.326. The molecule has 0 radical (unpaired) electrons. The number of fused-ring (bicyclic) bond motifs is 1. The van der Waals surface area contributed by atoms with Crippen molar-refractivity contribution in [3.8, 4) is 6.07 Å². The molecular formula is C17H14N2S. The number of hydrogen-bond donors (Lipinski definition) is 1. The Morgan fingerprint density at radius 1 is 1.15 bits per heavy atom. The van der Waals surface area contributed by atoms with Gasteiger partial charge in [0.2, 0.25) is 0 Å². The van der Waals surface area contributed by atoms with Crippen LogP contribution in [0.3, 0.4) is 0 Å². The van der Waals surface area contributed by atoms with Crippen molar-refractivity contribution >= 4 is 27.1 Å². The molecule has 1 atom stereocenters. The summed E-state index contributed by atoms with van der Waals surface area (Å²) in [6, 6.07) is 18.3. The second kappa shape index (κ2) is 5.36. The predicted octanol–water partition coefficient (Wildman–Crippen LogP) is 4.89. The van der Waals surface area contributed by atoms with Gasteiger partial charge in [0, 0.05) is 16.0 Å². The second-order valence-electron chi connectivity index (χ2n) is 4.76. The van der Waals surface area contributed by atoms with Crippen LogP contribution in [0.5, 0.6) is 0 Å². The summed E-state index contributed by atoms with van der Waals surface area (Å²) in [4.78, 5) is 0. The summed E-state index contributed by atoms with van der Waals surface area (Å²) in [7, 11) is 0. The van der Waals surface area contributed by atoms with E-state index in [-0.39, 0.29) is 6.04 Å². The lowest BCUT2D eigenvalue weighted by atomic mass is 10.1. The Labute approximate surface area is 122 Å². The van der Waals surface area contributed by atoms with Crippen LogP contribution in [0.2, 0.25) is 0 Å². The summed E-state index contributed by atoms with van der Waals surface area (Å²) in [6.45, 7) is 2.05. The maximum Gasteiger partial charge on any atom is 0.141 e. The molecule has 1 unspecified atom stereocenters. The van der Waals surface area contributed by atoms with Crippen LogP contribution in [-0.4, -0.2) is 0 Å². The molecule has 3 aromatic rings. The average Bonchev–Trinajstić information content (AvgIpc) is 2.89. The van der Waals surface area contributed by atoms with Crippen molar-refractivity contribution in [2.75, 3.05) is 5.32 Å². The minimum Gasteiger partial charge on any atom is -0.366 e. The molecule has 2 nitrogen and oxygen atoms in total. The van der Waals surface area contributed by atoms with Gasteiger partial charge < -0.3 is 5.32 Å².